The first-order chi connectivity index (χ1) is 16.7. The summed E-state index contributed by atoms with van der Waals surface area (Å²) in [6.45, 7) is -0.214. The zero-order chi connectivity index (χ0) is 27.4. The number of rotatable bonds is 6. The molecule has 2 saturated heterocycles. The van der Waals surface area contributed by atoms with Gasteiger partial charge in [-0.2, -0.15) is 8.42 Å². The van der Waals surface area contributed by atoms with Crippen LogP contribution in [-0.2, 0) is 29.3 Å². The lowest BCUT2D eigenvalue weighted by molar-refractivity contribution is -0.313. The fraction of sp³-hybridized carbons (Fsp3) is 1.00. The lowest BCUT2D eigenvalue weighted by Gasteiger charge is -2.47. The molecule has 214 valence electrons. The number of ether oxygens (including phenoxy) is 4. The van der Waals surface area contributed by atoms with E-state index in [0.29, 0.717) is 19.4 Å². The topological polar surface area (TPSA) is 323 Å². The van der Waals surface area contributed by atoms with E-state index in [4.69, 9.17) is 65.1 Å². The molecule has 36 heavy (non-hydrogen) atoms. The van der Waals surface area contributed by atoms with Crippen LogP contribution in [-0.4, -0.2) is 131 Å². The number of aliphatic hydroxyl groups is 4. The maximum Gasteiger partial charge on any atom is 0.394 e. The summed E-state index contributed by atoms with van der Waals surface area (Å²) in [5, 5.41) is 40.7. The summed E-state index contributed by atoms with van der Waals surface area (Å²) in [5.41, 5.74) is 30.0. The standard InChI is InChI=1S/C18H37N5O8.H2O4S/c19-4-6-1-2-7(20)17(28-6)30-15-8(21)3-9(22)16(14(15)27)31-18-13(26)11(23)12(25)10(5-24)29-18;1-5(2,3)4/h6-18,24-27H,1-5,19-23H2;(H2,1,2,3,4)/t6-,7-,8-,9+,10+,11-,12-,13+,14-,15+,16-,17+,18+;/m0./s1. The molecule has 2 aliphatic heterocycles. The van der Waals surface area contributed by atoms with Gasteiger partial charge in [-0.15, -0.1) is 0 Å². The van der Waals surface area contributed by atoms with E-state index in [1.807, 2.05) is 0 Å². The van der Waals surface area contributed by atoms with Crippen LogP contribution in [0.3, 0.4) is 0 Å². The Hall–Kier alpha value is -0.650. The van der Waals surface area contributed by atoms with Crippen molar-refractivity contribution in [1.82, 2.24) is 0 Å². The summed E-state index contributed by atoms with van der Waals surface area (Å²) in [6.07, 6.45) is -7.72. The van der Waals surface area contributed by atoms with Crippen LogP contribution < -0.4 is 28.7 Å². The lowest BCUT2D eigenvalue weighted by Crippen LogP contribution is -2.68. The van der Waals surface area contributed by atoms with E-state index in [1.165, 1.54) is 0 Å². The number of nitrogens with two attached hydrogens (primary N) is 5. The van der Waals surface area contributed by atoms with Crippen LogP contribution in [0.5, 0.6) is 0 Å². The smallest absolute Gasteiger partial charge is 0.394 e. The van der Waals surface area contributed by atoms with Gasteiger partial charge in [0.25, 0.3) is 0 Å². The molecule has 0 bridgehead atoms. The largest absolute Gasteiger partial charge is 0.394 e. The van der Waals surface area contributed by atoms with Crippen molar-refractivity contribution in [1.29, 1.82) is 0 Å². The molecule has 0 radical (unpaired) electrons. The van der Waals surface area contributed by atoms with Crippen molar-refractivity contribution in [3.05, 3.63) is 0 Å². The maximum atomic E-state index is 11.0. The van der Waals surface area contributed by atoms with Crippen molar-refractivity contribution in [3.8, 4) is 0 Å². The minimum absolute atomic E-state index is 0.204. The number of hydrogen-bond acceptors (Lipinski definition) is 15. The van der Waals surface area contributed by atoms with E-state index in [9.17, 15) is 20.4 Å². The van der Waals surface area contributed by atoms with Gasteiger partial charge in [-0.25, -0.2) is 0 Å². The summed E-state index contributed by atoms with van der Waals surface area (Å²) in [5.74, 6) is 0. The summed E-state index contributed by atoms with van der Waals surface area (Å²) in [4.78, 5) is 0. The van der Waals surface area contributed by atoms with Crippen LogP contribution in [0.4, 0.5) is 0 Å². The highest BCUT2D eigenvalue weighted by Gasteiger charge is 2.49. The summed E-state index contributed by atoms with van der Waals surface area (Å²) >= 11 is 0. The minimum Gasteiger partial charge on any atom is -0.394 e. The average Bonchev–Trinajstić information content (AvgIpc) is 2.79. The SMILES string of the molecule is NC[C@@H]1CC[C@H](N)[C@@H](O[C@H]2[C@H](O)[C@@H](O[C@H]3O[C@H](CO)[C@H](O)[C@H](N)[C@H]3O)[C@H](N)C[C@@H]2N)O1.O=S(=O)(O)O. The zero-order valence-electron chi connectivity index (χ0n) is 19.5. The molecule has 18 heteroatoms. The molecule has 16 N–H and O–H groups in total. The predicted octanol–water partition coefficient (Wildman–Crippen LogP) is -5.92. The van der Waals surface area contributed by atoms with Crippen LogP contribution in [0.2, 0.25) is 0 Å². The van der Waals surface area contributed by atoms with Crippen LogP contribution in [0.25, 0.3) is 0 Å². The van der Waals surface area contributed by atoms with Gasteiger partial charge in [-0.3, -0.25) is 9.11 Å². The molecule has 0 unspecified atom stereocenters. The Morgan fingerprint density at radius 1 is 0.806 bits per heavy atom. The van der Waals surface area contributed by atoms with Gasteiger partial charge in [-0.05, 0) is 19.3 Å². The molecule has 3 aliphatic rings. The molecule has 1 saturated carbocycles. The Bertz CT molecular complexity index is 774. The second-order valence-electron chi connectivity index (χ2n) is 9.09. The maximum absolute atomic E-state index is 11.0. The van der Waals surface area contributed by atoms with Gasteiger partial charge < -0.3 is 68.0 Å². The third-order valence-electron chi connectivity index (χ3n) is 6.34. The monoisotopic (exact) mass is 549 g/mol. The van der Waals surface area contributed by atoms with Crippen molar-refractivity contribution < 1.29 is 56.9 Å². The van der Waals surface area contributed by atoms with Crippen molar-refractivity contribution in [3.63, 3.8) is 0 Å². The van der Waals surface area contributed by atoms with Crippen molar-refractivity contribution in [2.75, 3.05) is 13.2 Å². The van der Waals surface area contributed by atoms with Gasteiger partial charge in [0.1, 0.15) is 36.6 Å². The number of hydrogen-bond donors (Lipinski definition) is 11. The lowest BCUT2D eigenvalue weighted by atomic mass is 9.84. The van der Waals surface area contributed by atoms with Gasteiger partial charge in [-0.1, -0.05) is 0 Å². The van der Waals surface area contributed by atoms with E-state index in [-0.39, 0.29) is 12.5 Å². The Morgan fingerprint density at radius 3 is 1.83 bits per heavy atom. The second-order valence-corrected chi connectivity index (χ2v) is 9.99. The average molecular weight is 550 g/mol. The van der Waals surface area contributed by atoms with Crippen molar-refractivity contribution in [2.45, 2.75) is 98.7 Å². The van der Waals surface area contributed by atoms with Crippen molar-refractivity contribution in [2.24, 2.45) is 28.7 Å². The van der Waals surface area contributed by atoms with Crippen LogP contribution in [0.15, 0.2) is 0 Å². The molecule has 0 aromatic carbocycles. The molecule has 0 aromatic rings. The van der Waals surface area contributed by atoms with Crippen molar-refractivity contribution >= 4 is 10.4 Å². The fourth-order valence-corrected chi connectivity index (χ4v) is 4.36. The summed E-state index contributed by atoms with van der Waals surface area (Å²) < 4.78 is 54.5. The van der Waals surface area contributed by atoms with E-state index in [2.05, 4.69) is 0 Å². The van der Waals surface area contributed by atoms with Gasteiger partial charge in [0.05, 0.1) is 24.8 Å². The Labute approximate surface area is 208 Å². The quantitative estimate of drug-likeness (QED) is 0.137. The minimum atomic E-state index is -4.67. The molecule has 0 aromatic heterocycles. The third-order valence-corrected chi connectivity index (χ3v) is 6.34. The summed E-state index contributed by atoms with van der Waals surface area (Å²) in [7, 11) is -4.67. The van der Waals surface area contributed by atoms with E-state index >= 15 is 0 Å². The fourth-order valence-electron chi connectivity index (χ4n) is 4.36. The molecule has 13 atom stereocenters. The molecule has 2 heterocycles. The molecule has 17 nitrogen and oxygen atoms in total. The van der Waals surface area contributed by atoms with E-state index in [1.54, 1.807) is 0 Å². The first kappa shape index (κ1) is 31.6. The van der Waals surface area contributed by atoms with E-state index < -0.39 is 90.4 Å². The molecule has 0 spiro atoms. The first-order valence-electron chi connectivity index (χ1n) is 11.4. The zero-order valence-corrected chi connectivity index (χ0v) is 20.3. The molecule has 1 aliphatic carbocycles. The molecule has 3 rings (SSSR count). The van der Waals surface area contributed by atoms with Gasteiger partial charge in [0.2, 0.25) is 0 Å². The Balaban J connectivity index is 0.000000830. The highest BCUT2D eigenvalue weighted by molar-refractivity contribution is 7.79. The second kappa shape index (κ2) is 13.4. The first-order valence-corrected chi connectivity index (χ1v) is 12.8. The third kappa shape index (κ3) is 8.43. The molecule has 0 amide bonds. The Morgan fingerprint density at radius 2 is 1.33 bits per heavy atom. The molecule has 3 fully saturated rings. The molecular weight excluding hydrogens is 510 g/mol. The van der Waals surface area contributed by atoms with Crippen LogP contribution in [0, 0.1) is 0 Å². The van der Waals surface area contributed by atoms with Gasteiger partial charge in [0.15, 0.2) is 12.6 Å². The highest BCUT2D eigenvalue weighted by Crippen LogP contribution is 2.30. The Kier molecular flexibility index (Phi) is 11.8. The van der Waals surface area contributed by atoms with Gasteiger partial charge >= 0.3 is 10.4 Å². The van der Waals surface area contributed by atoms with Crippen LogP contribution >= 0.6 is 0 Å². The van der Waals surface area contributed by atoms with E-state index in [0.717, 1.165) is 0 Å². The highest BCUT2D eigenvalue weighted by atomic mass is 32.3. The predicted molar refractivity (Wildman–Crippen MR) is 121 cm³/mol. The normalized spacial score (nSPS) is 46.0. The summed E-state index contributed by atoms with van der Waals surface area (Å²) in [6, 6.07) is -2.85. The van der Waals surface area contributed by atoms with Crippen LogP contribution in [0.1, 0.15) is 19.3 Å². The van der Waals surface area contributed by atoms with Gasteiger partial charge in [0, 0.05) is 18.6 Å². The molecular formula is C18H39N5O12S. The number of aliphatic hydroxyl groups excluding tert-OH is 4.